The second-order valence-electron chi connectivity index (χ2n) is 4.15. The molecule has 3 nitrogen and oxygen atoms in total. The molecule has 1 N–H and O–H groups in total. The summed E-state index contributed by atoms with van der Waals surface area (Å²) in [4.78, 5) is 5.25. The first-order valence-corrected chi connectivity index (χ1v) is 5.53. The molecule has 1 rings (SSSR count). The minimum atomic E-state index is -0.159. The molecule has 0 fully saturated rings. The van der Waals surface area contributed by atoms with Crippen LogP contribution in [0.2, 0.25) is 0 Å². The van der Waals surface area contributed by atoms with Gasteiger partial charge in [0.2, 0.25) is 0 Å². The van der Waals surface area contributed by atoms with E-state index in [9.17, 15) is 0 Å². The molecule has 0 heterocycles. The van der Waals surface area contributed by atoms with Crippen LogP contribution in [-0.2, 0) is 4.84 Å². The van der Waals surface area contributed by atoms with Gasteiger partial charge in [-0.1, -0.05) is 44.2 Å². The maximum absolute atomic E-state index is 9.04. The molecule has 0 aliphatic heterocycles. The lowest BCUT2D eigenvalue weighted by Gasteiger charge is -2.11. The van der Waals surface area contributed by atoms with Gasteiger partial charge < -0.3 is 4.84 Å². The highest BCUT2D eigenvalue weighted by molar-refractivity contribution is 5.24. The van der Waals surface area contributed by atoms with Gasteiger partial charge in [0.1, 0.15) is 0 Å². The van der Waals surface area contributed by atoms with Crippen LogP contribution in [0, 0.1) is 17.2 Å². The van der Waals surface area contributed by atoms with Crippen molar-refractivity contribution < 1.29 is 4.84 Å². The van der Waals surface area contributed by atoms with E-state index in [4.69, 9.17) is 10.1 Å². The predicted octanol–water partition coefficient (Wildman–Crippen LogP) is 2.47. The highest BCUT2D eigenvalue weighted by Crippen LogP contribution is 2.12. The Labute approximate surface area is 97.0 Å². The first-order valence-electron chi connectivity index (χ1n) is 5.53. The van der Waals surface area contributed by atoms with Gasteiger partial charge in [-0.3, -0.25) is 0 Å². The zero-order chi connectivity index (χ0) is 11.8. The molecule has 1 aromatic carbocycles. The van der Waals surface area contributed by atoms with Crippen LogP contribution in [0.1, 0.15) is 25.3 Å². The fraction of sp³-hybridized carbons (Fsp3) is 0.462. The van der Waals surface area contributed by atoms with E-state index in [-0.39, 0.29) is 5.92 Å². The maximum Gasteiger partial charge on any atom is 0.0860 e. The summed E-state index contributed by atoms with van der Waals surface area (Å²) >= 11 is 0. The minimum absolute atomic E-state index is 0.159. The van der Waals surface area contributed by atoms with Gasteiger partial charge in [0.15, 0.2) is 0 Å². The van der Waals surface area contributed by atoms with Crippen LogP contribution in [0.15, 0.2) is 30.3 Å². The molecular formula is C13H18N2O. The Morgan fingerprint density at radius 1 is 1.31 bits per heavy atom. The van der Waals surface area contributed by atoms with Crippen LogP contribution < -0.4 is 5.48 Å². The van der Waals surface area contributed by atoms with Crippen molar-refractivity contribution in [3.05, 3.63) is 35.9 Å². The van der Waals surface area contributed by atoms with Gasteiger partial charge in [0.05, 0.1) is 18.6 Å². The van der Waals surface area contributed by atoms with Gasteiger partial charge in [-0.2, -0.15) is 5.26 Å². The lowest BCUT2D eigenvalue weighted by atomic mass is 10.0. The normalized spacial score (nSPS) is 12.4. The lowest BCUT2D eigenvalue weighted by molar-refractivity contribution is 0.0230. The number of nitrogens with one attached hydrogen (secondary N) is 1. The van der Waals surface area contributed by atoms with E-state index < -0.39 is 0 Å². The van der Waals surface area contributed by atoms with Crippen LogP contribution in [0.25, 0.3) is 0 Å². The molecule has 16 heavy (non-hydrogen) atoms. The highest BCUT2D eigenvalue weighted by atomic mass is 16.6. The van der Waals surface area contributed by atoms with Crippen molar-refractivity contribution in [3.8, 4) is 6.07 Å². The summed E-state index contributed by atoms with van der Waals surface area (Å²) in [6.07, 6.45) is 0. The maximum atomic E-state index is 9.04. The first kappa shape index (κ1) is 12.7. The van der Waals surface area contributed by atoms with E-state index in [1.165, 1.54) is 0 Å². The Kier molecular flexibility index (Phi) is 5.55. The van der Waals surface area contributed by atoms with Crippen molar-refractivity contribution in [3.63, 3.8) is 0 Å². The fourth-order valence-electron chi connectivity index (χ4n) is 1.29. The van der Waals surface area contributed by atoms with Crippen molar-refractivity contribution in [2.45, 2.75) is 19.8 Å². The van der Waals surface area contributed by atoms with Gasteiger partial charge in [-0.15, -0.1) is 0 Å². The van der Waals surface area contributed by atoms with Crippen LogP contribution in [0.4, 0.5) is 0 Å². The van der Waals surface area contributed by atoms with Crippen molar-refractivity contribution in [1.29, 1.82) is 5.26 Å². The second-order valence-corrected chi connectivity index (χ2v) is 4.15. The van der Waals surface area contributed by atoms with E-state index >= 15 is 0 Å². The van der Waals surface area contributed by atoms with Crippen LogP contribution in [-0.4, -0.2) is 13.2 Å². The Hall–Kier alpha value is -1.37. The quantitative estimate of drug-likeness (QED) is 0.589. The fourth-order valence-corrected chi connectivity index (χ4v) is 1.29. The number of hydrogen-bond donors (Lipinski definition) is 1. The van der Waals surface area contributed by atoms with E-state index in [1.54, 1.807) is 0 Å². The van der Waals surface area contributed by atoms with Gasteiger partial charge in [-0.25, -0.2) is 5.48 Å². The van der Waals surface area contributed by atoms with Crippen LogP contribution in [0.5, 0.6) is 0 Å². The zero-order valence-electron chi connectivity index (χ0n) is 9.81. The first-order chi connectivity index (χ1) is 7.74. The number of hydroxylamine groups is 1. The summed E-state index contributed by atoms with van der Waals surface area (Å²) in [7, 11) is 0. The van der Waals surface area contributed by atoms with Gasteiger partial charge in [0, 0.05) is 6.54 Å². The summed E-state index contributed by atoms with van der Waals surface area (Å²) in [6, 6.07) is 12.0. The Balaban J connectivity index is 2.37. The van der Waals surface area contributed by atoms with Crippen LogP contribution >= 0.6 is 0 Å². The Bertz CT molecular complexity index is 330. The zero-order valence-corrected chi connectivity index (χ0v) is 9.81. The Morgan fingerprint density at radius 3 is 2.56 bits per heavy atom. The number of nitrogens with zero attached hydrogens (tertiary/aromatic N) is 1. The lowest BCUT2D eigenvalue weighted by Crippen LogP contribution is -2.23. The molecule has 0 aromatic heterocycles. The summed E-state index contributed by atoms with van der Waals surface area (Å²) in [5.41, 5.74) is 3.86. The standard InChI is InChI=1S/C13H18N2O/c1-11(2)10-16-15-9-13(8-14)12-6-4-3-5-7-12/h3-7,11,13,15H,9-10H2,1-2H3. The van der Waals surface area contributed by atoms with Crippen molar-refractivity contribution in [2.75, 3.05) is 13.2 Å². The summed E-state index contributed by atoms with van der Waals surface area (Å²) in [6.45, 7) is 5.35. The smallest absolute Gasteiger partial charge is 0.0860 e. The summed E-state index contributed by atoms with van der Waals surface area (Å²) < 4.78 is 0. The number of benzene rings is 1. The topological polar surface area (TPSA) is 45.0 Å². The summed E-state index contributed by atoms with van der Waals surface area (Å²) in [5, 5.41) is 9.04. The third-order valence-electron chi connectivity index (χ3n) is 2.16. The number of hydrogen-bond acceptors (Lipinski definition) is 3. The average molecular weight is 218 g/mol. The molecule has 0 aliphatic rings. The third kappa shape index (κ3) is 4.43. The van der Waals surface area contributed by atoms with Crippen molar-refractivity contribution >= 4 is 0 Å². The third-order valence-corrected chi connectivity index (χ3v) is 2.16. The van der Waals surface area contributed by atoms with E-state index in [1.807, 2.05) is 30.3 Å². The molecule has 0 radical (unpaired) electrons. The molecule has 86 valence electrons. The number of rotatable bonds is 6. The molecule has 1 atom stereocenters. The van der Waals surface area contributed by atoms with Gasteiger partial charge in [-0.05, 0) is 11.5 Å². The van der Waals surface area contributed by atoms with Gasteiger partial charge in [0.25, 0.3) is 0 Å². The summed E-state index contributed by atoms with van der Waals surface area (Å²) in [5.74, 6) is 0.332. The number of nitriles is 1. The van der Waals surface area contributed by atoms with E-state index in [0.717, 1.165) is 5.56 Å². The van der Waals surface area contributed by atoms with Crippen LogP contribution in [0.3, 0.4) is 0 Å². The highest BCUT2D eigenvalue weighted by Gasteiger charge is 2.09. The average Bonchev–Trinajstić information content (AvgIpc) is 2.30. The van der Waals surface area contributed by atoms with E-state index in [2.05, 4.69) is 25.4 Å². The van der Waals surface area contributed by atoms with Crippen molar-refractivity contribution in [2.24, 2.45) is 5.92 Å². The molecular weight excluding hydrogens is 200 g/mol. The molecule has 0 bridgehead atoms. The van der Waals surface area contributed by atoms with Crippen molar-refractivity contribution in [1.82, 2.24) is 5.48 Å². The SMILES string of the molecule is CC(C)CONCC(C#N)c1ccccc1. The molecule has 0 saturated heterocycles. The largest absolute Gasteiger partial charge is 0.301 e. The minimum Gasteiger partial charge on any atom is -0.301 e. The molecule has 0 amide bonds. The molecule has 0 saturated carbocycles. The molecule has 3 heteroatoms. The molecule has 0 aliphatic carbocycles. The predicted molar refractivity (Wildman–Crippen MR) is 63.6 cm³/mol. The second kappa shape index (κ2) is 7.00. The van der Waals surface area contributed by atoms with E-state index in [0.29, 0.717) is 19.1 Å². The molecule has 1 unspecified atom stereocenters. The molecule has 1 aromatic rings. The Morgan fingerprint density at radius 2 is 2.00 bits per heavy atom. The van der Waals surface area contributed by atoms with Gasteiger partial charge >= 0.3 is 0 Å². The monoisotopic (exact) mass is 218 g/mol. The molecule has 0 spiro atoms.